The van der Waals surface area contributed by atoms with E-state index < -0.39 is 6.10 Å². The van der Waals surface area contributed by atoms with E-state index in [1.165, 1.54) is 7.11 Å². The molecule has 1 saturated heterocycles. The Labute approximate surface area is 91.3 Å². The molecule has 0 aromatic rings. The predicted molar refractivity (Wildman–Crippen MR) is 57.6 cm³/mol. The van der Waals surface area contributed by atoms with Gasteiger partial charge in [0, 0.05) is 13.1 Å². The molecule has 0 aromatic carbocycles. The van der Waals surface area contributed by atoms with Crippen LogP contribution in [0, 0.1) is 5.41 Å². The number of ether oxygens (including phenoxy) is 2. The number of rotatable bonds is 1. The number of morpholine rings is 1. The number of carbonyl (C=O) groups is 1. The van der Waals surface area contributed by atoms with E-state index in [9.17, 15) is 4.79 Å². The van der Waals surface area contributed by atoms with Crippen LogP contribution in [0.25, 0.3) is 0 Å². The Bertz CT molecular complexity index is 247. The van der Waals surface area contributed by atoms with E-state index in [-0.39, 0.29) is 17.0 Å². The van der Waals surface area contributed by atoms with Crippen LogP contribution in [0.3, 0.4) is 0 Å². The molecule has 4 nitrogen and oxygen atoms in total. The molecule has 1 aliphatic heterocycles. The third-order valence-electron chi connectivity index (χ3n) is 3.25. The van der Waals surface area contributed by atoms with Crippen LogP contribution in [0.4, 0.5) is 0 Å². The molecule has 0 radical (unpaired) electrons. The van der Waals surface area contributed by atoms with Crippen molar-refractivity contribution in [2.45, 2.75) is 39.4 Å². The number of nitrogens with one attached hydrogen (secondary N) is 1. The summed E-state index contributed by atoms with van der Waals surface area (Å²) in [6.45, 7) is 9.62. The lowest BCUT2D eigenvalue weighted by molar-refractivity contribution is -0.188. The molecule has 0 amide bonds. The molecule has 4 heteroatoms. The fourth-order valence-electron chi connectivity index (χ4n) is 1.54. The number of hydrogen-bond acceptors (Lipinski definition) is 4. The van der Waals surface area contributed by atoms with Crippen molar-refractivity contribution >= 4 is 5.97 Å². The third kappa shape index (κ3) is 2.49. The summed E-state index contributed by atoms with van der Waals surface area (Å²) in [6, 6.07) is 0. The second-order valence-corrected chi connectivity index (χ2v) is 5.24. The number of methoxy groups -OCH3 is 1. The van der Waals surface area contributed by atoms with Crippen molar-refractivity contribution in [3.63, 3.8) is 0 Å². The van der Waals surface area contributed by atoms with Crippen molar-refractivity contribution in [2.24, 2.45) is 5.41 Å². The third-order valence-corrected chi connectivity index (χ3v) is 3.25. The normalized spacial score (nSPS) is 32.5. The SMILES string of the molecule is COC(=O)[C@H]1CNC[C@@](C)(C(C)(C)C)O1. The van der Waals surface area contributed by atoms with E-state index in [0.29, 0.717) is 6.54 Å². The first-order valence-electron chi connectivity index (χ1n) is 5.26. The molecular weight excluding hydrogens is 194 g/mol. The second-order valence-electron chi connectivity index (χ2n) is 5.24. The van der Waals surface area contributed by atoms with Gasteiger partial charge in [-0.05, 0) is 12.3 Å². The minimum absolute atomic E-state index is 0.0211. The molecule has 88 valence electrons. The largest absolute Gasteiger partial charge is 0.467 e. The Hall–Kier alpha value is -0.610. The summed E-state index contributed by atoms with van der Waals surface area (Å²) in [7, 11) is 1.38. The van der Waals surface area contributed by atoms with Gasteiger partial charge in [0.2, 0.25) is 0 Å². The van der Waals surface area contributed by atoms with Crippen molar-refractivity contribution < 1.29 is 14.3 Å². The highest BCUT2D eigenvalue weighted by Gasteiger charge is 2.44. The molecule has 0 spiro atoms. The molecule has 0 bridgehead atoms. The second kappa shape index (κ2) is 4.10. The van der Waals surface area contributed by atoms with E-state index in [0.717, 1.165) is 6.54 Å². The molecule has 0 aromatic heterocycles. The Morgan fingerprint density at radius 1 is 1.53 bits per heavy atom. The first kappa shape index (κ1) is 12.5. The van der Waals surface area contributed by atoms with Crippen LogP contribution >= 0.6 is 0 Å². The zero-order valence-electron chi connectivity index (χ0n) is 10.2. The summed E-state index contributed by atoms with van der Waals surface area (Å²) < 4.78 is 10.5. The Morgan fingerprint density at radius 3 is 2.60 bits per heavy atom. The van der Waals surface area contributed by atoms with Gasteiger partial charge in [0.25, 0.3) is 0 Å². The molecular formula is C11H21NO3. The van der Waals surface area contributed by atoms with E-state index in [2.05, 4.69) is 26.1 Å². The zero-order valence-corrected chi connectivity index (χ0v) is 10.2. The van der Waals surface area contributed by atoms with Gasteiger partial charge in [-0.2, -0.15) is 0 Å². The molecule has 15 heavy (non-hydrogen) atoms. The monoisotopic (exact) mass is 215 g/mol. The Kier molecular flexibility index (Phi) is 3.41. The lowest BCUT2D eigenvalue weighted by atomic mass is 9.76. The van der Waals surface area contributed by atoms with Gasteiger partial charge in [-0.3, -0.25) is 0 Å². The van der Waals surface area contributed by atoms with Crippen LogP contribution in [0.1, 0.15) is 27.7 Å². The number of esters is 1. The van der Waals surface area contributed by atoms with Crippen molar-refractivity contribution in [3.8, 4) is 0 Å². The fourth-order valence-corrected chi connectivity index (χ4v) is 1.54. The van der Waals surface area contributed by atoms with Crippen LogP contribution in [-0.2, 0) is 14.3 Å². The minimum Gasteiger partial charge on any atom is -0.467 e. The fraction of sp³-hybridized carbons (Fsp3) is 0.909. The smallest absolute Gasteiger partial charge is 0.336 e. The van der Waals surface area contributed by atoms with Crippen LogP contribution in [0.2, 0.25) is 0 Å². The first-order chi connectivity index (χ1) is 6.80. The lowest BCUT2D eigenvalue weighted by Gasteiger charge is -2.46. The Morgan fingerprint density at radius 2 is 2.13 bits per heavy atom. The van der Waals surface area contributed by atoms with Gasteiger partial charge in [0.05, 0.1) is 12.7 Å². The van der Waals surface area contributed by atoms with Gasteiger partial charge >= 0.3 is 5.97 Å². The minimum atomic E-state index is -0.493. The summed E-state index contributed by atoms with van der Waals surface area (Å²) in [4.78, 5) is 11.4. The molecule has 0 unspecified atom stereocenters. The highest BCUT2D eigenvalue weighted by molar-refractivity contribution is 5.75. The lowest BCUT2D eigenvalue weighted by Crippen LogP contribution is -2.60. The van der Waals surface area contributed by atoms with Crippen LogP contribution in [-0.4, -0.2) is 37.9 Å². The molecule has 1 fully saturated rings. The first-order valence-corrected chi connectivity index (χ1v) is 5.26. The van der Waals surface area contributed by atoms with Gasteiger partial charge in [-0.25, -0.2) is 4.79 Å². The standard InChI is InChI=1S/C11H21NO3/c1-10(2,3)11(4)7-12-6-8(15-11)9(13)14-5/h8,12H,6-7H2,1-5H3/t8-,11+/m1/s1. The summed E-state index contributed by atoms with van der Waals surface area (Å²) in [6.07, 6.45) is -0.493. The quantitative estimate of drug-likeness (QED) is 0.662. The van der Waals surface area contributed by atoms with Crippen LogP contribution in [0.15, 0.2) is 0 Å². The molecule has 1 heterocycles. The van der Waals surface area contributed by atoms with E-state index in [1.807, 2.05) is 6.92 Å². The summed E-state index contributed by atoms with van der Waals surface area (Å²) in [5, 5.41) is 3.22. The van der Waals surface area contributed by atoms with E-state index in [4.69, 9.17) is 9.47 Å². The van der Waals surface area contributed by atoms with Crippen LogP contribution < -0.4 is 5.32 Å². The molecule has 0 saturated carbocycles. The van der Waals surface area contributed by atoms with E-state index >= 15 is 0 Å². The zero-order chi connectivity index (χ0) is 11.7. The molecule has 2 atom stereocenters. The highest BCUT2D eigenvalue weighted by Crippen LogP contribution is 2.35. The maximum absolute atomic E-state index is 11.4. The average molecular weight is 215 g/mol. The van der Waals surface area contributed by atoms with Gasteiger partial charge in [-0.1, -0.05) is 20.8 Å². The maximum atomic E-state index is 11.4. The average Bonchev–Trinajstić information content (AvgIpc) is 2.15. The summed E-state index contributed by atoms with van der Waals surface area (Å²) in [5.74, 6) is -0.308. The molecule has 1 rings (SSSR count). The predicted octanol–water partition coefficient (Wildman–Crippen LogP) is 0.953. The topological polar surface area (TPSA) is 47.6 Å². The van der Waals surface area contributed by atoms with E-state index in [1.54, 1.807) is 0 Å². The van der Waals surface area contributed by atoms with Crippen molar-refractivity contribution in [2.75, 3.05) is 20.2 Å². The molecule has 1 aliphatic rings. The molecule has 1 N–H and O–H groups in total. The van der Waals surface area contributed by atoms with Crippen LogP contribution in [0.5, 0.6) is 0 Å². The van der Waals surface area contributed by atoms with Gasteiger partial charge in [0.15, 0.2) is 6.10 Å². The maximum Gasteiger partial charge on any atom is 0.336 e. The van der Waals surface area contributed by atoms with Crippen molar-refractivity contribution in [3.05, 3.63) is 0 Å². The Balaban J connectivity index is 2.75. The van der Waals surface area contributed by atoms with Crippen molar-refractivity contribution in [1.82, 2.24) is 5.32 Å². The summed E-state index contributed by atoms with van der Waals surface area (Å²) >= 11 is 0. The van der Waals surface area contributed by atoms with Crippen molar-refractivity contribution in [1.29, 1.82) is 0 Å². The van der Waals surface area contributed by atoms with Gasteiger partial charge in [-0.15, -0.1) is 0 Å². The number of carbonyl (C=O) groups excluding carboxylic acids is 1. The van der Waals surface area contributed by atoms with Gasteiger partial charge < -0.3 is 14.8 Å². The highest BCUT2D eigenvalue weighted by atomic mass is 16.6. The summed E-state index contributed by atoms with van der Waals surface area (Å²) in [5.41, 5.74) is -0.364. The van der Waals surface area contributed by atoms with Gasteiger partial charge in [0.1, 0.15) is 0 Å². The molecule has 0 aliphatic carbocycles. The number of hydrogen-bond donors (Lipinski definition) is 1.